The molecule has 5 nitrogen and oxygen atoms in total. The number of pyridine rings is 1. The third-order valence-corrected chi connectivity index (χ3v) is 4.06. The van der Waals surface area contributed by atoms with Crippen LogP contribution in [0.1, 0.15) is 23.7 Å². The van der Waals surface area contributed by atoms with Crippen LogP contribution in [0.2, 0.25) is 0 Å². The first-order valence-corrected chi connectivity index (χ1v) is 8.47. The van der Waals surface area contributed by atoms with Crippen LogP contribution in [-0.4, -0.2) is 17.5 Å². The highest BCUT2D eigenvalue weighted by Crippen LogP contribution is 2.30. The van der Waals surface area contributed by atoms with E-state index in [1.807, 2.05) is 42.5 Å². The lowest BCUT2D eigenvalue weighted by molar-refractivity contribution is 0.100. The highest BCUT2D eigenvalue weighted by atomic mass is 16.5. The van der Waals surface area contributed by atoms with Gasteiger partial charge in [0.2, 0.25) is 5.91 Å². The van der Waals surface area contributed by atoms with Crippen molar-refractivity contribution < 1.29 is 9.53 Å². The summed E-state index contributed by atoms with van der Waals surface area (Å²) in [6.45, 7) is 2.78. The number of benzene rings is 2. The minimum Gasteiger partial charge on any atom is -0.494 e. The number of rotatable bonds is 6. The van der Waals surface area contributed by atoms with E-state index in [4.69, 9.17) is 16.2 Å². The number of aromatic nitrogens is 1. The Balaban J connectivity index is 1.91. The molecular formula is C21H21N3O2. The van der Waals surface area contributed by atoms with Gasteiger partial charge in [0, 0.05) is 22.9 Å². The van der Waals surface area contributed by atoms with Gasteiger partial charge in [-0.3, -0.25) is 4.79 Å². The second-order valence-electron chi connectivity index (χ2n) is 5.97. The van der Waals surface area contributed by atoms with Crippen LogP contribution in [0, 0.1) is 0 Å². The van der Waals surface area contributed by atoms with Crippen LogP contribution >= 0.6 is 0 Å². The highest BCUT2D eigenvalue weighted by molar-refractivity contribution is 5.93. The zero-order valence-corrected chi connectivity index (χ0v) is 14.6. The summed E-state index contributed by atoms with van der Waals surface area (Å²) in [6, 6.07) is 16.9. The van der Waals surface area contributed by atoms with Crippen molar-refractivity contribution in [2.75, 3.05) is 12.3 Å². The van der Waals surface area contributed by atoms with Crippen molar-refractivity contribution in [3.8, 4) is 28.0 Å². The van der Waals surface area contributed by atoms with E-state index in [2.05, 4.69) is 11.9 Å². The van der Waals surface area contributed by atoms with E-state index in [9.17, 15) is 4.79 Å². The lowest BCUT2D eigenvalue weighted by Gasteiger charge is -2.10. The Labute approximate surface area is 152 Å². The number of carbonyl (C=O) groups is 1. The van der Waals surface area contributed by atoms with Gasteiger partial charge in [-0.05, 0) is 47.9 Å². The predicted octanol–water partition coefficient (Wildman–Crippen LogP) is 3.89. The molecule has 0 aliphatic carbocycles. The number of ether oxygens (including phenoxy) is 1. The first-order chi connectivity index (χ1) is 12.6. The van der Waals surface area contributed by atoms with Crippen LogP contribution in [0.3, 0.4) is 0 Å². The van der Waals surface area contributed by atoms with E-state index < -0.39 is 5.91 Å². The first-order valence-electron chi connectivity index (χ1n) is 8.47. The van der Waals surface area contributed by atoms with Gasteiger partial charge in [0.25, 0.3) is 0 Å². The average molecular weight is 347 g/mol. The molecule has 0 saturated heterocycles. The van der Waals surface area contributed by atoms with Crippen LogP contribution in [0.15, 0.2) is 60.8 Å². The van der Waals surface area contributed by atoms with Gasteiger partial charge >= 0.3 is 0 Å². The normalized spacial score (nSPS) is 10.5. The number of hydrogen-bond acceptors (Lipinski definition) is 4. The minimum absolute atomic E-state index is 0.434. The molecule has 0 saturated carbocycles. The molecule has 0 spiro atoms. The van der Waals surface area contributed by atoms with Gasteiger partial charge < -0.3 is 16.2 Å². The molecule has 0 radical (unpaired) electrons. The number of nitrogens with zero attached hydrogens (tertiary/aromatic N) is 1. The zero-order chi connectivity index (χ0) is 18.5. The SMILES string of the molecule is CCCOc1ccc(-c2cnc(N)c(-c3ccc(C(N)=O)cc3)c2)cc1. The number of hydrogen-bond donors (Lipinski definition) is 2. The van der Waals surface area contributed by atoms with Crippen LogP contribution in [-0.2, 0) is 0 Å². The summed E-state index contributed by atoms with van der Waals surface area (Å²) in [4.78, 5) is 15.5. The number of carbonyl (C=O) groups excluding carboxylic acids is 1. The second-order valence-corrected chi connectivity index (χ2v) is 5.97. The molecule has 1 heterocycles. The molecule has 2 aromatic carbocycles. The van der Waals surface area contributed by atoms with Crippen molar-refractivity contribution in [3.05, 3.63) is 66.4 Å². The van der Waals surface area contributed by atoms with E-state index in [1.54, 1.807) is 18.3 Å². The summed E-state index contributed by atoms with van der Waals surface area (Å²) >= 11 is 0. The van der Waals surface area contributed by atoms with Gasteiger partial charge in [-0.2, -0.15) is 0 Å². The zero-order valence-electron chi connectivity index (χ0n) is 14.6. The molecule has 0 fully saturated rings. The molecule has 26 heavy (non-hydrogen) atoms. The molecule has 0 aliphatic heterocycles. The molecule has 132 valence electrons. The van der Waals surface area contributed by atoms with Gasteiger partial charge in [0.15, 0.2) is 0 Å². The van der Waals surface area contributed by atoms with Crippen molar-refractivity contribution in [1.29, 1.82) is 0 Å². The molecule has 4 N–H and O–H groups in total. The third-order valence-electron chi connectivity index (χ3n) is 4.06. The largest absolute Gasteiger partial charge is 0.494 e. The van der Waals surface area contributed by atoms with Crippen LogP contribution < -0.4 is 16.2 Å². The molecule has 3 rings (SSSR count). The number of nitrogens with two attached hydrogens (primary N) is 2. The fraction of sp³-hybridized carbons (Fsp3) is 0.143. The summed E-state index contributed by atoms with van der Waals surface area (Å²) in [5.74, 6) is 0.825. The summed E-state index contributed by atoms with van der Waals surface area (Å²) in [6.07, 6.45) is 2.72. The maximum atomic E-state index is 11.2. The molecule has 0 atom stereocenters. The standard InChI is InChI=1S/C21H21N3O2/c1-2-11-26-18-9-7-14(8-10-18)17-12-19(20(22)24-13-17)15-3-5-16(6-4-15)21(23)25/h3-10,12-13H,2,11H2,1H3,(H2,22,24)(H2,23,25). The van der Waals surface area contributed by atoms with Gasteiger partial charge in [-0.25, -0.2) is 4.98 Å². The number of nitrogen functional groups attached to an aromatic ring is 1. The van der Waals surface area contributed by atoms with Gasteiger partial charge in [0.1, 0.15) is 11.6 Å². The van der Waals surface area contributed by atoms with Crippen molar-refractivity contribution in [2.45, 2.75) is 13.3 Å². The maximum Gasteiger partial charge on any atom is 0.248 e. The summed E-state index contributed by atoms with van der Waals surface area (Å²) < 4.78 is 5.62. The molecule has 0 unspecified atom stereocenters. The van der Waals surface area contributed by atoms with Crippen molar-refractivity contribution in [2.24, 2.45) is 5.73 Å². The van der Waals surface area contributed by atoms with E-state index in [0.29, 0.717) is 18.0 Å². The molecular weight excluding hydrogens is 326 g/mol. The molecule has 1 amide bonds. The average Bonchev–Trinajstić information content (AvgIpc) is 2.67. The molecule has 5 heteroatoms. The van der Waals surface area contributed by atoms with Crippen molar-refractivity contribution in [3.63, 3.8) is 0 Å². The third kappa shape index (κ3) is 3.83. The van der Waals surface area contributed by atoms with Crippen LogP contribution in [0.5, 0.6) is 5.75 Å². The smallest absolute Gasteiger partial charge is 0.248 e. The Kier molecular flexibility index (Phi) is 5.17. The van der Waals surface area contributed by atoms with E-state index in [0.717, 1.165) is 34.4 Å². The summed E-state index contributed by atoms with van der Waals surface area (Å²) in [5, 5.41) is 0. The van der Waals surface area contributed by atoms with Gasteiger partial charge in [-0.1, -0.05) is 31.2 Å². The predicted molar refractivity (Wildman–Crippen MR) is 104 cm³/mol. The lowest BCUT2D eigenvalue weighted by Crippen LogP contribution is -2.10. The maximum absolute atomic E-state index is 11.2. The number of anilines is 1. The van der Waals surface area contributed by atoms with E-state index in [-0.39, 0.29) is 0 Å². The molecule has 0 bridgehead atoms. The monoisotopic (exact) mass is 347 g/mol. The highest BCUT2D eigenvalue weighted by Gasteiger charge is 2.09. The quantitative estimate of drug-likeness (QED) is 0.708. The Morgan fingerprint density at radius 3 is 2.27 bits per heavy atom. The fourth-order valence-electron chi connectivity index (χ4n) is 2.64. The van der Waals surface area contributed by atoms with Gasteiger partial charge in [-0.15, -0.1) is 0 Å². The second kappa shape index (κ2) is 7.70. The Bertz CT molecular complexity index is 904. The molecule has 3 aromatic rings. The number of amides is 1. The van der Waals surface area contributed by atoms with Crippen molar-refractivity contribution >= 4 is 11.7 Å². The summed E-state index contributed by atoms with van der Waals surface area (Å²) in [5.41, 5.74) is 15.5. The van der Waals surface area contributed by atoms with E-state index in [1.165, 1.54) is 0 Å². The van der Waals surface area contributed by atoms with Crippen LogP contribution in [0.25, 0.3) is 22.3 Å². The Morgan fingerprint density at radius 1 is 1.00 bits per heavy atom. The topological polar surface area (TPSA) is 91.2 Å². The Morgan fingerprint density at radius 2 is 1.65 bits per heavy atom. The van der Waals surface area contributed by atoms with Gasteiger partial charge in [0.05, 0.1) is 6.61 Å². The Hall–Kier alpha value is -3.34. The fourth-order valence-corrected chi connectivity index (χ4v) is 2.64. The number of primary amides is 1. The molecule has 1 aromatic heterocycles. The minimum atomic E-state index is -0.457. The first kappa shape index (κ1) is 17.5. The van der Waals surface area contributed by atoms with Crippen LogP contribution in [0.4, 0.5) is 5.82 Å². The lowest BCUT2D eigenvalue weighted by atomic mass is 10.00. The summed E-state index contributed by atoms with van der Waals surface area (Å²) in [7, 11) is 0. The molecule has 0 aliphatic rings. The van der Waals surface area contributed by atoms with E-state index >= 15 is 0 Å². The van der Waals surface area contributed by atoms with Crippen molar-refractivity contribution in [1.82, 2.24) is 4.98 Å².